The number of hydrogen-bond acceptors (Lipinski definition) is 5. The van der Waals surface area contributed by atoms with E-state index in [1.165, 1.54) is 0 Å². The summed E-state index contributed by atoms with van der Waals surface area (Å²) < 4.78 is 1.74. The minimum atomic E-state index is -0.0389. The summed E-state index contributed by atoms with van der Waals surface area (Å²) >= 11 is 1.55. The number of pyridine rings is 2. The second kappa shape index (κ2) is 8.08. The molecule has 30 heavy (non-hydrogen) atoms. The Morgan fingerprint density at radius 2 is 1.77 bits per heavy atom. The van der Waals surface area contributed by atoms with Crippen molar-refractivity contribution >= 4 is 33.6 Å². The van der Waals surface area contributed by atoms with E-state index in [9.17, 15) is 4.79 Å². The maximum absolute atomic E-state index is 13.3. The topological polar surface area (TPSA) is 60.7 Å². The molecule has 0 saturated heterocycles. The molecule has 2 aromatic carbocycles. The standard InChI is InChI=1S/C24H18N4OS/c29-23-20-10-1-2-11-21(20)27-24(28(23)15-17-6-4-12-25-14-17)30-16-19-8-3-7-18-9-5-13-26-22(18)19/h1-14H,15-16H2. The summed E-state index contributed by atoms with van der Waals surface area (Å²) in [5.74, 6) is 0.673. The molecule has 0 spiro atoms. The first-order valence-electron chi connectivity index (χ1n) is 9.63. The highest BCUT2D eigenvalue weighted by Crippen LogP contribution is 2.26. The van der Waals surface area contributed by atoms with Crippen molar-refractivity contribution in [2.75, 3.05) is 0 Å². The van der Waals surface area contributed by atoms with Crippen LogP contribution < -0.4 is 5.56 Å². The molecule has 146 valence electrons. The van der Waals surface area contributed by atoms with Crippen LogP contribution in [0.15, 0.2) is 95.3 Å². The third kappa shape index (κ3) is 3.57. The number of fused-ring (bicyclic) bond motifs is 2. The van der Waals surface area contributed by atoms with Crippen LogP contribution in [0.25, 0.3) is 21.8 Å². The van der Waals surface area contributed by atoms with Gasteiger partial charge < -0.3 is 0 Å². The Bertz CT molecular complexity index is 1390. The van der Waals surface area contributed by atoms with Gasteiger partial charge in [-0.15, -0.1) is 0 Å². The van der Waals surface area contributed by atoms with Gasteiger partial charge in [0.05, 0.1) is 23.0 Å². The fourth-order valence-electron chi connectivity index (χ4n) is 3.50. The zero-order valence-electron chi connectivity index (χ0n) is 16.1. The van der Waals surface area contributed by atoms with Gasteiger partial charge in [0.25, 0.3) is 5.56 Å². The van der Waals surface area contributed by atoms with E-state index in [4.69, 9.17) is 4.98 Å². The summed E-state index contributed by atoms with van der Waals surface area (Å²) in [6, 6.07) is 21.5. The minimum Gasteiger partial charge on any atom is -0.283 e. The maximum atomic E-state index is 13.3. The van der Waals surface area contributed by atoms with Gasteiger partial charge in [-0.3, -0.25) is 19.3 Å². The molecule has 0 aliphatic heterocycles. The van der Waals surface area contributed by atoms with Crippen molar-refractivity contribution in [1.82, 2.24) is 19.5 Å². The molecule has 0 amide bonds. The highest BCUT2D eigenvalue weighted by Gasteiger charge is 2.13. The predicted molar refractivity (Wildman–Crippen MR) is 121 cm³/mol. The molecule has 3 aromatic heterocycles. The van der Waals surface area contributed by atoms with Crippen LogP contribution in [0.3, 0.4) is 0 Å². The van der Waals surface area contributed by atoms with Gasteiger partial charge in [0.1, 0.15) is 0 Å². The number of nitrogens with zero attached hydrogens (tertiary/aromatic N) is 4. The minimum absolute atomic E-state index is 0.0389. The molecule has 6 heteroatoms. The summed E-state index contributed by atoms with van der Waals surface area (Å²) in [7, 11) is 0. The third-order valence-electron chi connectivity index (χ3n) is 4.96. The van der Waals surface area contributed by atoms with Gasteiger partial charge in [-0.2, -0.15) is 0 Å². The van der Waals surface area contributed by atoms with Gasteiger partial charge in [0.2, 0.25) is 0 Å². The van der Waals surface area contributed by atoms with Crippen LogP contribution in [-0.4, -0.2) is 19.5 Å². The van der Waals surface area contributed by atoms with Gasteiger partial charge in [-0.1, -0.05) is 54.2 Å². The molecule has 3 heterocycles. The number of para-hydroxylation sites is 2. The average Bonchev–Trinajstić information content (AvgIpc) is 2.80. The molecule has 0 bridgehead atoms. The molecular weight excluding hydrogens is 392 g/mol. The Labute approximate surface area is 177 Å². The normalized spacial score (nSPS) is 11.2. The summed E-state index contributed by atoms with van der Waals surface area (Å²) in [6.45, 7) is 0.431. The zero-order valence-corrected chi connectivity index (χ0v) is 16.9. The predicted octanol–water partition coefficient (Wildman–Crippen LogP) is 4.68. The number of hydrogen-bond donors (Lipinski definition) is 0. The van der Waals surface area contributed by atoms with Crippen LogP contribution in [0.1, 0.15) is 11.1 Å². The summed E-state index contributed by atoms with van der Waals surface area (Å²) in [6.07, 6.45) is 5.32. The molecular formula is C24H18N4OS. The molecule has 5 aromatic rings. The summed E-state index contributed by atoms with van der Waals surface area (Å²) in [4.78, 5) is 26.8. The van der Waals surface area contributed by atoms with E-state index in [1.54, 1.807) is 28.7 Å². The van der Waals surface area contributed by atoms with E-state index in [-0.39, 0.29) is 5.56 Å². The molecule has 0 aliphatic rings. The van der Waals surface area contributed by atoms with Gasteiger partial charge in [0.15, 0.2) is 5.16 Å². The number of thioether (sulfide) groups is 1. The van der Waals surface area contributed by atoms with Crippen molar-refractivity contribution in [3.8, 4) is 0 Å². The van der Waals surface area contributed by atoms with Crippen molar-refractivity contribution in [3.05, 3.63) is 107 Å². The first kappa shape index (κ1) is 18.5. The van der Waals surface area contributed by atoms with Crippen molar-refractivity contribution in [1.29, 1.82) is 0 Å². The van der Waals surface area contributed by atoms with Gasteiger partial charge in [-0.25, -0.2) is 4.98 Å². The smallest absolute Gasteiger partial charge is 0.262 e. The second-order valence-corrected chi connectivity index (χ2v) is 7.89. The molecule has 0 unspecified atom stereocenters. The van der Waals surface area contributed by atoms with Crippen LogP contribution in [-0.2, 0) is 12.3 Å². The number of benzene rings is 2. The van der Waals surface area contributed by atoms with E-state index in [1.807, 2.05) is 54.7 Å². The summed E-state index contributed by atoms with van der Waals surface area (Å²) in [5, 5.41) is 2.42. The highest BCUT2D eigenvalue weighted by atomic mass is 32.2. The van der Waals surface area contributed by atoms with Crippen LogP contribution in [0, 0.1) is 0 Å². The lowest BCUT2D eigenvalue weighted by Gasteiger charge is -2.13. The van der Waals surface area contributed by atoms with Gasteiger partial charge in [-0.05, 0) is 35.4 Å². The molecule has 0 saturated carbocycles. The van der Waals surface area contributed by atoms with E-state index < -0.39 is 0 Å². The molecule has 0 N–H and O–H groups in total. The quantitative estimate of drug-likeness (QED) is 0.311. The van der Waals surface area contributed by atoms with Crippen molar-refractivity contribution in [2.45, 2.75) is 17.5 Å². The Balaban J connectivity index is 1.57. The van der Waals surface area contributed by atoms with Crippen molar-refractivity contribution in [3.63, 3.8) is 0 Å². The molecule has 0 atom stereocenters. The van der Waals surface area contributed by atoms with Crippen LogP contribution in [0.5, 0.6) is 0 Å². The molecule has 0 aliphatic carbocycles. The second-order valence-electron chi connectivity index (χ2n) is 6.95. The zero-order chi connectivity index (χ0) is 20.3. The van der Waals surface area contributed by atoms with Crippen LogP contribution >= 0.6 is 11.8 Å². The van der Waals surface area contributed by atoms with E-state index >= 15 is 0 Å². The first-order valence-corrected chi connectivity index (χ1v) is 10.6. The first-order chi connectivity index (χ1) is 14.8. The van der Waals surface area contributed by atoms with Crippen molar-refractivity contribution < 1.29 is 0 Å². The van der Waals surface area contributed by atoms with Crippen LogP contribution in [0.2, 0.25) is 0 Å². The molecule has 5 nitrogen and oxygen atoms in total. The Morgan fingerprint density at radius 1 is 0.900 bits per heavy atom. The van der Waals surface area contributed by atoms with E-state index in [0.717, 1.165) is 22.0 Å². The van der Waals surface area contributed by atoms with E-state index in [0.29, 0.717) is 28.4 Å². The lowest BCUT2D eigenvalue weighted by atomic mass is 10.1. The SMILES string of the molecule is O=c1c2ccccc2nc(SCc2cccc3cccnc23)n1Cc1cccnc1. The highest BCUT2D eigenvalue weighted by molar-refractivity contribution is 7.98. The Kier molecular flexibility index (Phi) is 4.99. The summed E-state index contributed by atoms with van der Waals surface area (Å²) in [5.41, 5.74) is 3.74. The molecule has 0 fully saturated rings. The number of aromatic nitrogens is 4. The lowest BCUT2D eigenvalue weighted by Crippen LogP contribution is -2.24. The largest absolute Gasteiger partial charge is 0.283 e. The van der Waals surface area contributed by atoms with E-state index in [2.05, 4.69) is 28.2 Å². The number of rotatable bonds is 5. The van der Waals surface area contributed by atoms with Gasteiger partial charge >= 0.3 is 0 Å². The Morgan fingerprint density at radius 3 is 2.67 bits per heavy atom. The molecule has 0 radical (unpaired) electrons. The monoisotopic (exact) mass is 410 g/mol. The Hall–Kier alpha value is -3.51. The van der Waals surface area contributed by atoms with Crippen molar-refractivity contribution in [2.24, 2.45) is 0 Å². The fourth-order valence-corrected chi connectivity index (χ4v) is 4.48. The lowest BCUT2D eigenvalue weighted by molar-refractivity contribution is 0.656. The fraction of sp³-hybridized carbons (Fsp3) is 0.0833. The average molecular weight is 411 g/mol. The van der Waals surface area contributed by atoms with Gasteiger partial charge in [0, 0.05) is 29.7 Å². The van der Waals surface area contributed by atoms with Crippen LogP contribution in [0.4, 0.5) is 0 Å². The molecule has 5 rings (SSSR count). The maximum Gasteiger partial charge on any atom is 0.262 e. The third-order valence-corrected chi connectivity index (χ3v) is 5.99.